The zero-order valence-corrected chi connectivity index (χ0v) is 13.1. The van der Waals surface area contributed by atoms with Gasteiger partial charge in [-0.3, -0.25) is 14.9 Å². The first-order valence-electron chi connectivity index (χ1n) is 8.03. The van der Waals surface area contributed by atoms with E-state index in [4.69, 9.17) is 9.26 Å². The lowest BCUT2D eigenvalue weighted by Gasteiger charge is -2.35. The zero-order valence-electron chi connectivity index (χ0n) is 13.1. The molecule has 1 saturated heterocycles. The molecule has 3 rings (SSSR count). The van der Waals surface area contributed by atoms with Gasteiger partial charge in [-0.1, -0.05) is 18.5 Å². The van der Waals surface area contributed by atoms with E-state index in [1.807, 2.05) is 13.8 Å². The fourth-order valence-electron chi connectivity index (χ4n) is 3.73. The van der Waals surface area contributed by atoms with Gasteiger partial charge in [0.25, 0.3) is 0 Å². The summed E-state index contributed by atoms with van der Waals surface area (Å²) in [6.07, 6.45) is 5.56. The van der Waals surface area contributed by atoms with Crippen LogP contribution in [0.1, 0.15) is 56.7 Å². The molecule has 2 fully saturated rings. The van der Waals surface area contributed by atoms with Crippen LogP contribution in [0.2, 0.25) is 0 Å². The van der Waals surface area contributed by atoms with E-state index < -0.39 is 11.5 Å². The van der Waals surface area contributed by atoms with Crippen molar-refractivity contribution in [3.05, 3.63) is 11.3 Å². The number of esters is 1. The van der Waals surface area contributed by atoms with Crippen LogP contribution in [-0.4, -0.2) is 22.6 Å². The van der Waals surface area contributed by atoms with E-state index in [0.717, 1.165) is 49.8 Å². The molecule has 2 aliphatic rings. The molecule has 2 heterocycles. The highest BCUT2D eigenvalue weighted by atomic mass is 16.6. The van der Waals surface area contributed by atoms with Crippen molar-refractivity contribution in [1.82, 2.24) is 5.16 Å². The molecule has 1 aromatic heterocycles. The molecule has 1 N–H and O–H groups in total. The molecule has 6 nitrogen and oxygen atoms in total. The van der Waals surface area contributed by atoms with Crippen molar-refractivity contribution >= 4 is 17.8 Å². The van der Waals surface area contributed by atoms with Crippen LogP contribution in [0, 0.1) is 12.8 Å². The molecule has 1 aromatic rings. The zero-order chi connectivity index (χ0) is 15.7. The topological polar surface area (TPSA) is 81.4 Å². The Morgan fingerprint density at radius 2 is 2.09 bits per heavy atom. The molecule has 0 radical (unpaired) electrons. The van der Waals surface area contributed by atoms with Crippen LogP contribution in [-0.2, 0) is 20.7 Å². The predicted octanol–water partition coefficient (Wildman–Crippen LogP) is 2.75. The van der Waals surface area contributed by atoms with Gasteiger partial charge < -0.3 is 9.26 Å². The van der Waals surface area contributed by atoms with Gasteiger partial charge in [0.15, 0.2) is 0 Å². The van der Waals surface area contributed by atoms with Gasteiger partial charge in [0.1, 0.15) is 5.60 Å². The molecule has 0 aromatic carbocycles. The monoisotopic (exact) mass is 306 g/mol. The third-order valence-corrected chi connectivity index (χ3v) is 4.91. The third kappa shape index (κ3) is 2.51. The Morgan fingerprint density at radius 1 is 1.36 bits per heavy atom. The average molecular weight is 306 g/mol. The molecule has 1 unspecified atom stereocenters. The first-order valence-corrected chi connectivity index (χ1v) is 8.03. The van der Waals surface area contributed by atoms with E-state index in [1.54, 1.807) is 0 Å². The smallest absolute Gasteiger partial charge is 0.307 e. The lowest BCUT2D eigenvalue weighted by molar-refractivity contribution is -0.153. The maximum Gasteiger partial charge on any atom is 0.307 e. The number of carbonyl (C=O) groups excluding carboxylic acids is 2. The molecule has 6 heteroatoms. The number of aryl methyl sites for hydroxylation is 1. The Bertz CT molecular complexity index is 587. The molecule has 1 atom stereocenters. The van der Waals surface area contributed by atoms with Crippen LogP contribution >= 0.6 is 0 Å². The second kappa shape index (κ2) is 5.74. The maximum absolute atomic E-state index is 12.7. The Kier molecular flexibility index (Phi) is 3.93. The molecule has 1 aliphatic heterocycles. The number of nitrogens with zero attached hydrogens (tertiary/aromatic N) is 1. The third-order valence-electron chi connectivity index (χ3n) is 4.91. The lowest BCUT2D eigenvalue weighted by atomic mass is 9.75. The van der Waals surface area contributed by atoms with Gasteiger partial charge in [-0.15, -0.1) is 0 Å². The maximum atomic E-state index is 12.7. The van der Waals surface area contributed by atoms with E-state index in [0.29, 0.717) is 5.88 Å². The minimum atomic E-state index is -0.610. The van der Waals surface area contributed by atoms with Crippen LogP contribution in [0.3, 0.4) is 0 Å². The van der Waals surface area contributed by atoms with Gasteiger partial charge in [-0.05, 0) is 39.0 Å². The summed E-state index contributed by atoms with van der Waals surface area (Å²) in [5.41, 5.74) is 1.07. The number of aromatic nitrogens is 1. The second-order valence-electron chi connectivity index (χ2n) is 6.27. The lowest BCUT2D eigenvalue weighted by Crippen LogP contribution is -2.43. The molecular formula is C16H22N2O4. The van der Waals surface area contributed by atoms with Crippen molar-refractivity contribution in [3.63, 3.8) is 0 Å². The highest BCUT2D eigenvalue weighted by Gasteiger charge is 2.53. The summed E-state index contributed by atoms with van der Waals surface area (Å²) in [7, 11) is 0. The molecule has 1 saturated carbocycles. The van der Waals surface area contributed by atoms with Crippen LogP contribution in [0.5, 0.6) is 0 Å². The number of ether oxygens (including phenoxy) is 1. The van der Waals surface area contributed by atoms with E-state index in [2.05, 4.69) is 10.5 Å². The number of rotatable bonds is 3. The number of hydrogen-bond donors (Lipinski definition) is 1. The normalized spacial score (nSPS) is 23.5. The largest absolute Gasteiger partial charge is 0.458 e. The Balaban J connectivity index is 1.79. The molecule has 1 amide bonds. The van der Waals surface area contributed by atoms with Crippen molar-refractivity contribution in [2.24, 2.45) is 5.92 Å². The summed E-state index contributed by atoms with van der Waals surface area (Å²) in [6, 6.07) is 0. The minimum Gasteiger partial charge on any atom is -0.458 e. The van der Waals surface area contributed by atoms with Gasteiger partial charge in [0, 0.05) is 5.56 Å². The first-order chi connectivity index (χ1) is 10.6. The number of hydrogen-bond acceptors (Lipinski definition) is 5. The van der Waals surface area contributed by atoms with Crippen molar-refractivity contribution < 1.29 is 18.8 Å². The minimum absolute atomic E-state index is 0.153. The summed E-state index contributed by atoms with van der Waals surface area (Å²) in [5, 5.41) is 6.71. The second-order valence-corrected chi connectivity index (χ2v) is 6.27. The van der Waals surface area contributed by atoms with Crippen LogP contribution in [0.25, 0.3) is 0 Å². The molecule has 120 valence electrons. The van der Waals surface area contributed by atoms with Crippen molar-refractivity contribution in [1.29, 1.82) is 0 Å². The van der Waals surface area contributed by atoms with Crippen molar-refractivity contribution in [2.45, 2.75) is 64.4 Å². The van der Waals surface area contributed by atoms with Crippen molar-refractivity contribution in [2.75, 3.05) is 5.32 Å². The van der Waals surface area contributed by atoms with Crippen molar-refractivity contribution in [3.8, 4) is 0 Å². The SMILES string of the molecule is CCc1c(C)noc1NC(=O)C1CC(=O)OC12CCCCC2. The standard InChI is InChI=1S/C16H22N2O4/c1-3-11-10(2)18-22-15(11)17-14(20)12-9-13(19)21-16(12)7-5-4-6-8-16/h12H,3-9H2,1-2H3,(H,17,20). The summed E-state index contributed by atoms with van der Waals surface area (Å²) in [4.78, 5) is 24.5. The van der Waals surface area contributed by atoms with E-state index >= 15 is 0 Å². The number of carbonyl (C=O) groups is 2. The molecule has 22 heavy (non-hydrogen) atoms. The van der Waals surface area contributed by atoms with E-state index in [-0.39, 0.29) is 18.3 Å². The Hall–Kier alpha value is -1.85. The Labute approximate surface area is 129 Å². The van der Waals surface area contributed by atoms with Gasteiger partial charge in [0.2, 0.25) is 11.8 Å². The first kappa shape index (κ1) is 15.1. The summed E-state index contributed by atoms with van der Waals surface area (Å²) >= 11 is 0. The molecular weight excluding hydrogens is 284 g/mol. The quantitative estimate of drug-likeness (QED) is 0.868. The van der Waals surface area contributed by atoms with Crippen LogP contribution < -0.4 is 5.32 Å². The van der Waals surface area contributed by atoms with Crippen LogP contribution in [0.15, 0.2) is 4.52 Å². The molecule has 1 spiro atoms. The van der Waals surface area contributed by atoms with Gasteiger partial charge in [-0.2, -0.15) is 0 Å². The summed E-state index contributed by atoms with van der Waals surface area (Å²) in [6.45, 7) is 3.84. The highest BCUT2D eigenvalue weighted by molar-refractivity contribution is 5.96. The van der Waals surface area contributed by atoms with E-state index in [9.17, 15) is 9.59 Å². The molecule has 1 aliphatic carbocycles. The fraction of sp³-hybridized carbons (Fsp3) is 0.688. The molecule has 0 bridgehead atoms. The Morgan fingerprint density at radius 3 is 2.77 bits per heavy atom. The van der Waals surface area contributed by atoms with Gasteiger partial charge in [0.05, 0.1) is 18.0 Å². The van der Waals surface area contributed by atoms with Gasteiger partial charge in [-0.25, -0.2) is 0 Å². The number of amides is 1. The fourth-order valence-corrected chi connectivity index (χ4v) is 3.73. The summed E-state index contributed by atoms with van der Waals surface area (Å²) < 4.78 is 10.8. The average Bonchev–Trinajstić information content (AvgIpc) is 3.00. The number of nitrogens with one attached hydrogen (secondary N) is 1. The predicted molar refractivity (Wildman–Crippen MR) is 79.3 cm³/mol. The van der Waals surface area contributed by atoms with Gasteiger partial charge >= 0.3 is 5.97 Å². The highest BCUT2D eigenvalue weighted by Crippen LogP contribution is 2.44. The van der Waals surface area contributed by atoms with Crippen LogP contribution in [0.4, 0.5) is 5.88 Å². The van der Waals surface area contributed by atoms with E-state index in [1.165, 1.54) is 0 Å². The number of anilines is 1. The summed E-state index contributed by atoms with van der Waals surface area (Å²) in [5.74, 6) is -0.504.